The number of halogens is 3. The van der Waals surface area contributed by atoms with E-state index < -0.39 is 0 Å². The summed E-state index contributed by atoms with van der Waals surface area (Å²) in [6.07, 6.45) is 1.61. The number of aromatic nitrogens is 1. The van der Waals surface area contributed by atoms with Gasteiger partial charge in [-0.15, -0.1) is 0 Å². The zero-order valence-corrected chi connectivity index (χ0v) is 13.3. The lowest BCUT2D eigenvalue weighted by Crippen LogP contribution is -2.00. The van der Waals surface area contributed by atoms with Gasteiger partial charge in [0.05, 0.1) is 10.7 Å². The van der Waals surface area contributed by atoms with Crippen LogP contribution in [0.4, 0.5) is 5.69 Å². The van der Waals surface area contributed by atoms with Gasteiger partial charge < -0.3 is 5.32 Å². The number of rotatable bonds is 3. The first-order chi connectivity index (χ1) is 8.15. The Morgan fingerprint density at radius 2 is 2.00 bits per heavy atom. The molecule has 2 rings (SSSR count). The molecule has 2 aromatic rings. The van der Waals surface area contributed by atoms with Crippen LogP contribution < -0.4 is 5.32 Å². The van der Waals surface area contributed by atoms with Gasteiger partial charge in [-0.3, -0.25) is 0 Å². The van der Waals surface area contributed by atoms with Gasteiger partial charge in [0.15, 0.2) is 0 Å². The fraction of sp³-hybridized carbons (Fsp3) is 0.0833. The second kappa shape index (κ2) is 6.02. The van der Waals surface area contributed by atoms with Crippen molar-refractivity contribution in [3.63, 3.8) is 0 Å². The number of pyridine rings is 1. The topological polar surface area (TPSA) is 24.9 Å². The quantitative estimate of drug-likeness (QED) is 0.571. The van der Waals surface area contributed by atoms with Crippen LogP contribution in [0.3, 0.4) is 0 Å². The summed E-state index contributed by atoms with van der Waals surface area (Å²) in [6.45, 7) is 0.748. The number of hydrogen-bond donors (Lipinski definition) is 1. The van der Waals surface area contributed by atoms with E-state index in [4.69, 9.17) is 11.6 Å². The molecular weight excluding hydrogens is 414 g/mol. The van der Waals surface area contributed by atoms with Crippen molar-refractivity contribution in [2.24, 2.45) is 0 Å². The summed E-state index contributed by atoms with van der Waals surface area (Å²) < 4.78 is 2.00. The molecule has 0 aliphatic rings. The second-order valence-electron chi connectivity index (χ2n) is 3.47. The third-order valence-corrected chi connectivity index (χ3v) is 3.76. The van der Waals surface area contributed by atoms with Crippen LogP contribution in [0, 0.1) is 3.57 Å². The van der Waals surface area contributed by atoms with Crippen molar-refractivity contribution >= 4 is 55.8 Å². The van der Waals surface area contributed by atoms with E-state index in [1.54, 1.807) is 6.20 Å². The van der Waals surface area contributed by atoms with Crippen molar-refractivity contribution in [3.8, 4) is 0 Å². The van der Waals surface area contributed by atoms with E-state index >= 15 is 0 Å². The van der Waals surface area contributed by atoms with Gasteiger partial charge in [-0.25, -0.2) is 4.98 Å². The standard InChI is InChI=1S/C12H9BrClIN2/c13-12-11(5-9(14)7-17-12)16-6-8-1-3-10(15)4-2-8/h1-5,7,16H,6H2. The first-order valence-corrected chi connectivity index (χ1v) is 7.19. The normalized spacial score (nSPS) is 10.3. The molecule has 0 saturated heterocycles. The molecule has 5 heteroatoms. The predicted octanol–water partition coefficient (Wildman–Crippen LogP) is 4.71. The van der Waals surface area contributed by atoms with E-state index in [1.807, 2.05) is 6.07 Å². The zero-order valence-electron chi connectivity index (χ0n) is 8.75. The highest BCUT2D eigenvalue weighted by Gasteiger charge is 2.02. The molecule has 0 saturated carbocycles. The van der Waals surface area contributed by atoms with Crippen molar-refractivity contribution in [2.45, 2.75) is 6.54 Å². The van der Waals surface area contributed by atoms with Crippen LogP contribution in [-0.4, -0.2) is 4.98 Å². The maximum atomic E-state index is 5.90. The minimum Gasteiger partial charge on any atom is -0.379 e. The maximum absolute atomic E-state index is 5.90. The monoisotopic (exact) mass is 422 g/mol. The molecule has 88 valence electrons. The average molecular weight is 423 g/mol. The molecule has 2 nitrogen and oxygen atoms in total. The molecule has 1 aromatic heterocycles. The highest BCUT2D eigenvalue weighted by Crippen LogP contribution is 2.23. The Kier molecular flexibility index (Phi) is 4.64. The van der Waals surface area contributed by atoms with Gasteiger partial charge in [0.1, 0.15) is 4.60 Å². The van der Waals surface area contributed by atoms with Crippen molar-refractivity contribution < 1.29 is 0 Å². The highest BCUT2D eigenvalue weighted by molar-refractivity contribution is 14.1. The van der Waals surface area contributed by atoms with E-state index in [-0.39, 0.29) is 0 Å². The van der Waals surface area contributed by atoms with Gasteiger partial charge >= 0.3 is 0 Å². The van der Waals surface area contributed by atoms with Crippen LogP contribution in [0.5, 0.6) is 0 Å². The molecule has 1 aromatic carbocycles. The molecule has 0 atom stereocenters. The summed E-state index contributed by atoms with van der Waals surface area (Å²) in [5, 5.41) is 3.92. The number of hydrogen-bond acceptors (Lipinski definition) is 2. The van der Waals surface area contributed by atoms with Crippen LogP contribution in [0.1, 0.15) is 5.56 Å². The molecule has 1 N–H and O–H groups in total. The van der Waals surface area contributed by atoms with E-state index in [1.165, 1.54) is 9.13 Å². The molecule has 17 heavy (non-hydrogen) atoms. The Hall–Kier alpha value is -0.330. The molecule has 0 unspecified atom stereocenters. The Balaban J connectivity index is 2.07. The number of nitrogens with zero attached hydrogens (tertiary/aromatic N) is 1. The summed E-state index contributed by atoms with van der Waals surface area (Å²) in [4.78, 5) is 4.13. The van der Waals surface area contributed by atoms with Crippen molar-refractivity contribution in [3.05, 3.63) is 55.3 Å². The molecule has 0 spiro atoms. The van der Waals surface area contributed by atoms with Gasteiger partial charge in [-0.05, 0) is 62.3 Å². The molecule has 0 aliphatic carbocycles. The number of nitrogens with one attached hydrogen (secondary N) is 1. The zero-order chi connectivity index (χ0) is 12.3. The lowest BCUT2D eigenvalue weighted by Gasteiger charge is -2.08. The Labute approximate surface area is 127 Å². The Bertz CT molecular complexity index is 516. The van der Waals surface area contributed by atoms with E-state index in [0.29, 0.717) is 5.02 Å². The van der Waals surface area contributed by atoms with Crippen LogP contribution in [0.15, 0.2) is 41.1 Å². The lowest BCUT2D eigenvalue weighted by molar-refractivity contribution is 1.12. The summed E-state index contributed by atoms with van der Waals surface area (Å²) >= 11 is 11.6. The fourth-order valence-electron chi connectivity index (χ4n) is 1.35. The van der Waals surface area contributed by atoms with Gasteiger partial charge in [-0.1, -0.05) is 23.7 Å². The average Bonchev–Trinajstić information content (AvgIpc) is 2.32. The summed E-state index contributed by atoms with van der Waals surface area (Å²) in [5.41, 5.74) is 2.12. The molecule has 0 amide bonds. The Morgan fingerprint density at radius 1 is 1.29 bits per heavy atom. The van der Waals surface area contributed by atoms with E-state index in [0.717, 1.165) is 16.8 Å². The molecule has 0 bridgehead atoms. The third-order valence-electron chi connectivity index (χ3n) is 2.20. The van der Waals surface area contributed by atoms with Gasteiger partial charge in [0.25, 0.3) is 0 Å². The molecule has 0 radical (unpaired) electrons. The van der Waals surface area contributed by atoms with Gasteiger partial charge in [0, 0.05) is 16.3 Å². The van der Waals surface area contributed by atoms with Crippen molar-refractivity contribution in [1.29, 1.82) is 0 Å². The molecule has 1 heterocycles. The highest BCUT2D eigenvalue weighted by atomic mass is 127. The smallest absolute Gasteiger partial charge is 0.129 e. The summed E-state index contributed by atoms with van der Waals surface area (Å²) in [5.74, 6) is 0. The van der Waals surface area contributed by atoms with Crippen LogP contribution in [-0.2, 0) is 6.54 Å². The molecule has 0 aliphatic heterocycles. The maximum Gasteiger partial charge on any atom is 0.129 e. The van der Waals surface area contributed by atoms with Crippen molar-refractivity contribution in [1.82, 2.24) is 4.98 Å². The predicted molar refractivity (Wildman–Crippen MR) is 83.4 cm³/mol. The van der Waals surface area contributed by atoms with Crippen LogP contribution in [0.25, 0.3) is 0 Å². The van der Waals surface area contributed by atoms with Crippen LogP contribution in [0.2, 0.25) is 5.02 Å². The Morgan fingerprint density at radius 3 is 2.71 bits per heavy atom. The number of benzene rings is 1. The second-order valence-corrected chi connectivity index (χ2v) is 5.91. The van der Waals surface area contributed by atoms with E-state index in [9.17, 15) is 0 Å². The third kappa shape index (κ3) is 3.82. The first-order valence-electron chi connectivity index (χ1n) is 4.94. The SMILES string of the molecule is Clc1cnc(Br)c(NCc2ccc(I)cc2)c1. The summed E-state index contributed by atoms with van der Waals surface area (Å²) in [6, 6.07) is 10.2. The minimum atomic E-state index is 0.623. The van der Waals surface area contributed by atoms with Crippen molar-refractivity contribution in [2.75, 3.05) is 5.32 Å². The summed E-state index contributed by atoms with van der Waals surface area (Å²) in [7, 11) is 0. The van der Waals surface area contributed by atoms with Gasteiger partial charge in [-0.2, -0.15) is 0 Å². The lowest BCUT2D eigenvalue weighted by atomic mass is 10.2. The fourth-order valence-corrected chi connectivity index (χ4v) is 2.22. The minimum absolute atomic E-state index is 0.623. The first kappa shape index (κ1) is 13.1. The van der Waals surface area contributed by atoms with Crippen LogP contribution >= 0.6 is 50.1 Å². The molecular formula is C12H9BrClIN2. The van der Waals surface area contributed by atoms with Gasteiger partial charge in [0.2, 0.25) is 0 Å². The number of anilines is 1. The largest absolute Gasteiger partial charge is 0.379 e. The van der Waals surface area contributed by atoms with E-state index in [2.05, 4.69) is 73.1 Å². The molecule has 0 fully saturated rings.